The quantitative estimate of drug-likeness (QED) is 0.892. The Balaban J connectivity index is 2.07. The molecule has 0 aliphatic carbocycles. The van der Waals surface area contributed by atoms with Gasteiger partial charge in [-0.15, -0.1) is 0 Å². The number of ether oxygens (including phenoxy) is 1. The van der Waals surface area contributed by atoms with Crippen molar-refractivity contribution in [2.45, 2.75) is 13.2 Å². The number of methoxy groups -OCH3 is 1. The molecule has 0 aromatic heterocycles. The summed E-state index contributed by atoms with van der Waals surface area (Å²) in [6.45, 7) is -0.335. The predicted molar refractivity (Wildman–Crippen MR) is 76.4 cm³/mol. The number of benzene rings is 2. The van der Waals surface area contributed by atoms with Crippen LogP contribution in [0.25, 0.3) is 0 Å². The second-order valence-corrected chi connectivity index (χ2v) is 4.61. The third-order valence-electron chi connectivity index (χ3n) is 3.15. The lowest BCUT2D eigenvalue weighted by molar-refractivity contribution is 0.0947. The van der Waals surface area contributed by atoms with Crippen LogP contribution in [0.5, 0.6) is 5.75 Å². The smallest absolute Gasteiger partial charge is 0.254 e. The molecular weight excluding hydrogens is 292 g/mol. The van der Waals surface area contributed by atoms with E-state index in [1.807, 2.05) is 0 Å². The number of aliphatic hydroxyl groups excluding tert-OH is 1. The number of aliphatic hydroxyl groups is 1. The molecule has 2 N–H and O–H groups in total. The van der Waals surface area contributed by atoms with Crippen LogP contribution in [0, 0.1) is 11.6 Å². The van der Waals surface area contributed by atoms with Gasteiger partial charge in [-0.25, -0.2) is 8.78 Å². The number of hydrogen-bond donors (Lipinski definition) is 2. The lowest BCUT2D eigenvalue weighted by atomic mass is 10.1. The van der Waals surface area contributed by atoms with E-state index in [2.05, 4.69) is 5.32 Å². The van der Waals surface area contributed by atoms with Crippen molar-refractivity contribution in [3.8, 4) is 5.75 Å². The van der Waals surface area contributed by atoms with Gasteiger partial charge in [-0.3, -0.25) is 4.79 Å². The number of carbonyl (C=O) groups is 1. The molecule has 6 heteroatoms. The zero-order chi connectivity index (χ0) is 16.1. The number of nitrogens with one attached hydrogen (secondary N) is 1. The van der Waals surface area contributed by atoms with Crippen LogP contribution >= 0.6 is 0 Å². The topological polar surface area (TPSA) is 58.6 Å². The molecule has 2 rings (SSSR count). The first-order valence-corrected chi connectivity index (χ1v) is 6.55. The Morgan fingerprint density at radius 2 is 1.95 bits per heavy atom. The molecule has 2 aromatic rings. The van der Waals surface area contributed by atoms with Crippen LogP contribution in [-0.4, -0.2) is 18.1 Å². The molecule has 0 atom stereocenters. The second kappa shape index (κ2) is 7.00. The summed E-state index contributed by atoms with van der Waals surface area (Å²) in [6.07, 6.45) is 0. The van der Waals surface area contributed by atoms with E-state index in [9.17, 15) is 13.6 Å². The van der Waals surface area contributed by atoms with Crippen LogP contribution in [0.1, 0.15) is 21.5 Å². The van der Waals surface area contributed by atoms with E-state index < -0.39 is 24.1 Å². The van der Waals surface area contributed by atoms with Crippen LogP contribution in [0.2, 0.25) is 0 Å². The van der Waals surface area contributed by atoms with E-state index in [-0.39, 0.29) is 17.7 Å². The van der Waals surface area contributed by atoms with Crippen molar-refractivity contribution in [2.75, 3.05) is 7.11 Å². The molecule has 0 heterocycles. The van der Waals surface area contributed by atoms with Gasteiger partial charge in [0.05, 0.1) is 19.3 Å². The molecule has 0 saturated heterocycles. The molecule has 1 amide bonds. The maximum Gasteiger partial charge on any atom is 0.254 e. The summed E-state index contributed by atoms with van der Waals surface area (Å²) in [7, 11) is 1.40. The highest BCUT2D eigenvalue weighted by atomic mass is 19.1. The maximum atomic E-state index is 13.8. The molecule has 0 aliphatic rings. The first kappa shape index (κ1) is 15.9. The molecule has 2 aromatic carbocycles. The summed E-state index contributed by atoms with van der Waals surface area (Å²) >= 11 is 0. The predicted octanol–water partition coefficient (Wildman–Crippen LogP) is 2.40. The van der Waals surface area contributed by atoms with E-state index in [0.29, 0.717) is 11.3 Å². The van der Waals surface area contributed by atoms with Gasteiger partial charge in [-0.2, -0.15) is 0 Å². The molecule has 0 aliphatic heterocycles. The zero-order valence-electron chi connectivity index (χ0n) is 11.9. The van der Waals surface area contributed by atoms with Crippen LogP contribution in [0.15, 0.2) is 36.4 Å². The molecule has 22 heavy (non-hydrogen) atoms. The standard InChI is InChI=1S/C16H15F2NO3/c1-22-12-3-4-13(15(18)7-12)16(21)19-8-10-2-5-14(17)11(6-10)9-20/h2-7,20H,8-9H2,1H3,(H,19,21). The SMILES string of the molecule is COc1ccc(C(=O)NCc2ccc(F)c(CO)c2)c(F)c1. The first-order valence-electron chi connectivity index (χ1n) is 6.55. The van der Waals surface area contributed by atoms with Gasteiger partial charge in [0, 0.05) is 18.2 Å². The molecule has 0 unspecified atom stereocenters. The fraction of sp³-hybridized carbons (Fsp3) is 0.188. The van der Waals surface area contributed by atoms with Gasteiger partial charge in [-0.05, 0) is 29.8 Å². The van der Waals surface area contributed by atoms with Crippen molar-refractivity contribution < 1.29 is 23.4 Å². The fourth-order valence-corrected chi connectivity index (χ4v) is 1.94. The van der Waals surface area contributed by atoms with Gasteiger partial charge in [0.1, 0.15) is 17.4 Å². The van der Waals surface area contributed by atoms with Gasteiger partial charge in [0.2, 0.25) is 0 Å². The molecular formula is C16H15F2NO3. The summed E-state index contributed by atoms with van der Waals surface area (Å²) in [4.78, 5) is 11.9. The Morgan fingerprint density at radius 1 is 1.18 bits per heavy atom. The highest BCUT2D eigenvalue weighted by Gasteiger charge is 2.12. The minimum atomic E-state index is -0.688. The fourth-order valence-electron chi connectivity index (χ4n) is 1.94. The summed E-state index contributed by atoms with van der Waals surface area (Å²) in [5, 5.41) is 11.5. The number of halogens is 2. The van der Waals surface area contributed by atoms with Crippen LogP contribution < -0.4 is 10.1 Å². The second-order valence-electron chi connectivity index (χ2n) is 4.61. The van der Waals surface area contributed by atoms with Crippen molar-refractivity contribution in [1.82, 2.24) is 5.32 Å². The molecule has 0 spiro atoms. The molecule has 4 nitrogen and oxygen atoms in total. The highest BCUT2D eigenvalue weighted by Crippen LogP contribution is 2.16. The van der Waals surface area contributed by atoms with E-state index in [0.717, 1.165) is 6.07 Å². The summed E-state index contributed by atoms with van der Waals surface area (Å²) in [5.41, 5.74) is 0.639. The van der Waals surface area contributed by atoms with Crippen molar-refractivity contribution in [1.29, 1.82) is 0 Å². The molecule has 0 bridgehead atoms. The molecule has 0 radical (unpaired) electrons. The summed E-state index contributed by atoms with van der Waals surface area (Å²) in [5.74, 6) is -1.47. The van der Waals surface area contributed by atoms with Crippen LogP contribution in [0.4, 0.5) is 8.78 Å². The van der Waals surface area contributed by atoms with E-state index in [1.165, 1.54) is 37.4 Å². The van der Waals surface area contributed by atoms with Gasteiger partial charge in [0.25, 0.3) is 5.91 Å². The minimum Gasteiger partial charge on any atom is -0.497 e. The van der Waals surface area contributed by atoms with E-state index in [1.54, 1.807) is 0 Å². The average molecular weight is 307 g/mol. The lowest BCUT2D eigenvalue weighted by Crippen LogP contribution is -2.24. The van der Waals surface area contributed by atoms with Crippen molar-refractivity contribution in [2.24, 2.45) is 0 Å². The number of carbonyl (C=O) groups excluding carboxylic acids is 1. The Morgan fingerprint density at radius 3 is 2.59 bits per heavy atom. The number of rotatable bonds is 5. The van der Waals surface area contributed by atoms with Gasteiger partial charge >= 0.3 is 0 Å². The normalized spacial score (nSPS) is 10.4. The monoisotopic (exact) mass is 307 g/mol. The van der Waals surface area contributed by atoms with Crippen molar-refractivity contribution in [3.63, 3.8) is 0 Å². The summed E-state index contributed by atoms with van der Waals surface area (Å²) in [6, 6.07) is 8.07. The highest BCUT2D eigenvalue weighted by molar-refractivity contribution is 5.94. The maximum absolute atomic E-state index is 13.8. The third-order valence-corrected chi connectivity index (χ3v) is 3.15. The van der Waals surface area contributed by atoms with E-state index >= 15 is 0 Å². The van der Waals surface area contributed by atoms with Crippen molar-refractivity contribution in [3.05, 3.63) is 64.7 Å². The third kappa shape index (κ3) is 3.59. The number of hydrogen-bond acceptors (Lipinski definition) is 3. The minimum absolute atomic E-state index is 0.0948. The molecule has 116 valence electrons. The van der Waals surface area contributed by atoms with Crippen LogP contribution in [-0.2, 0) is 13.2 Å². The van der Waals surface area contributed by atoms with Crippen molar-refractivity contribution >= 4 is 5.91 Å². The Labute approximate surface area is 126 Å². The Bertz CT molecular complexity index is 689. The largest absolute Gasteiger partial charge is 0.497 e. The Hall–Kier alpha value is -2.47. The van der Waals surface area contributed by atoms with Crippen LogP contribution in [0.3, 0.4) is 0 Å². The zero-order valence-corrected chi connectivity index (χ0v) is 11.9. The summed E-state index contributed by atoms with van der Waals surface area (Å²) < 4.78 is 31.9. The Kier molecular flexibility index (Phi) is 5.06. The number of amides is 1. The average Bonchev–Trinajstić information content (AvgIpc) is 2.53. The first-order chi connectivity index (χ1) is 10.5. The lowest BCUT2D eigenvalue weighted by Gasteiger charge is -2.09. The van der Waals surface area contributed by atoms with Gasteiger partial charge in [0.15, 0.2) is 0 Å². The van der Waals surface area contributed by atoms with E-state index in [4.69, 9.17) is 9.84 Å². The molecule has 0 fully saturated rings. The van der Waals surface area contributed by atoms with Gasteiger partial charge < -0.3 is 15.2 Å². The molecule has 0 saturated carbocycles. The van der Waals surface area contributed by atoms with Gasteiger partial charge in [-0.1, -0.05) is 6.07 Å².